The van der Waals surface area contributed by atoms with E-state index in [1.807, 2.05) is 0 Å². The lowest BCUT2D eigenvalue weighted by atomic mass is 10.1. The highest BCUT2D eigenvalue weighted by Crippen LogP contribution is 2.25. The van der Waals surface area contributed by atoms with Crippen LogP contribution in [0.3, 0.4) is 0 Å². The van der Waals surface area contributed by atoms with Crippen molar-refractivity contribution in [3.63, 3.8) is 0 Å². The zero-order valence-corrected chi connectivity index (χ0v) is 18.6. The molecule has 0 bridgehead atoms. The van der Waals surface area contributed by atoms with Crippen molar-refractivity contribution < 1.29 is 26.8 Å². The van der Waals surface area contributed by atoms with Crippen LogP contribution in [0.4, 0.5) is 10.1 Å². The molecule has 0 spiro atoms. The van der Waals surface area contributed by atoms with Gasteiger partial charge in [0.05, 0.1) is 17.1 Å². The normalized spacial score (nSPS) is 12.5. The molecule has 1 unspecified atom stereocenters. The number of carbonyl (C=O) groups is 1. The fourth-order valence-corrected chi connectivity index (χ4v) is 4.34. The molecule has 0 saturated carbocycles. The number of nitrogens with one attached hydrogen (secondary N) is 2. The zero-order chi connectivity index (χ0) is 23.1. The molecule has 170 valence electrons. The van der Waals surface area contributed by atoms with Gasteiger partial charge in [-0.15, -0.1) is 0 Å². The average Bonchev–Trinajstić information content (AvgIpc) is 3.21. The molecule has 7 nitrogen and oxygen atoms in total. The molecule has 0 aliphatic heterocycles. The summed E-state index contributed by atoms with van der Waals surface area (Å²) < 4.78 is 51.7. The van der Waals surface area contributed by atoms with Gasteiger partial charge in [0, 0.05) is 31.7 Å². The van der Waals surface area contributed by atoms with Gasteiger partial charge in [0.15, 0.2) is 0 Å². The Labute approximate surface area is 186 Å². The van der Waals surface area contributed by atoms with Crippen LogP contribution in [0.15, 0.2) is 70.0 Å². The molecule has 0 saturated heterocycles. The minimum Gasteiger partial charge on any atom is -0.461 e. The van der Waals surface area contributed by atoms with Crippen molar-refractivity contribution in [2.24, 2.45) is 0 Å². The number of hydrogen-bond acceptors (Lipinski definition) is 5. The van der Waals surface area contributed by atoms with Crippen molar-refractivity contribution in [3.8, 4) is 11.3 Å². The van der Waals surface area contributed by atoms with E-state index in [9.17, 15) is 17.6 Å². The molecular weight excluding hydrogens is 435 g/mol. The third kappa shape index (κ3) is 6.25. The average molecular weight is 461 g/mol. The van der Waals surface area contributed by atoms with Crippen LogP contribution in [0.1, 0.15) is 19.1 Å². The number of furan rings is 1. The topological polar surface area (TPSA) is 97.6 Å². The number of hydrogen-bond donors (Lipinski definition) is 2. The lowest BCUT2D eigenvalue weighted by molar-refractivity contribution is -0.116. The van der Waals surface area contributed by atoms with Crippen molar-refractivity contribution in [1.29, 1.82) is 0 Å². The van der Waals surface area contributed by atoms with E-state index in [-0.39, 0.29) is 35.7 Å². The number of methoxy groups -OCH3 is 1. The molecule has 3 rings (SSSR count). The smallest absolute Gasteiger partial charge is 0.240 e. The fourth-order valence-electron chi connectivity index (χ4n) is 3.11. The van der Waals surface area contributed by atoms with Crippen LogP contribution in [0.25, 0.3) is 11.3 Å². The summed E-state index contributed by atoms with van der Waals surface area (Å²) in [6.07, 6.45) is 0.494. The first-order valence-corrected chi connectivity index (χ1v) is 11.5. The summed E-state index contributed by atoms with van der Waals surface area (Å²) in [5.74, 6) is 0.344. The van der Waals surface area contributed by atoms with Crippen LogP contribution in [-0.4, -0.2) is 34.1 Å². The molecule has 0 radical (unpaired) electrons. The Balaban J connectivity index is 1.54. The van der Waals surface area contributed by atoms with Crippen LogP contribution in [-0.2, 0) is 26.0 Å². The summed E-state index contributed by atoms with van der Waals surface area (Å²) >= 11 is 0. The summed E-state index contributed by atoms with van der Waals surface area (Å²) in [7, 11) is -2.18. The van der Waals surface area contributed by atoms with E-state index in [4.69, 9.17) is 9.15 Å². The monoisotopic (exact) mass is 460 g/mol. The van der Waals surface area contributed by atoms with Gasteiger partial charge in [0.25, 0.3) is 0 Å². The van der Waals surface area contributed by atoms with Crippen LogP contribution >= 0.6 is 0 Å². The third-order valence-corrected chi connectivity index (χ3v) is 6.23. The van der Waals surface area contributed by atoms with Crippen LogP contribution in [0.2, 0.25) is 0 Å². The van der Waals surface area contributed by atoms with Crippen LogP contribution < -0.4 is 10.0 Å². The first-order valence-electron chi connectivity index (χ1n) is 10.0. The van der Waals surface area contributed by atoms with Gasteiger partial charge < -0.3 is 14.5 Å². The second kappa shape index (κ2) is 10.5. The Morgan fingerprint density at radius 3 is 2.50 bits per heavy atom. The van der Waals surface area contributed by atoms with Gasteiger partial charge >= 0.3 is 0 Å². The molecule has 1 heterocycles. The summed E-state index contributed by atoms with van der Waals surface area (Å²) in [4.78, 5) is 12.4. The minimum absolute atomic E-state index is 0.0923. The summed E-state index contributed by atoms with van der Waals surface area (Å²) in [6, 6.07) is 15.2. The number of aryl methyl sites for hydroxylation is 1. The van der Waals surface area contributed by atoms with Crippen molar-refractivity contribution >= 4 is 21.6 Å². The van der Waals surface area contributed by atoms with Gasteiger partial charge in [0.1, 0.15) is 17.3 Å². The maximum absolute atomic E-state index is 13.9. The lowest BCUT2D eigenvalue weighted by Crippen LogP contribution is -2.35. The molecule has 9 heteroatoms. The van der Waals surface area contributed by atoms with E-state index in [2.05, 4.69) is 10.0 Å². The Morgan fingerprint density at radius 2 is 1.81 bits per heavy atom. The number of amides is 1. The SMILES string of the molecule is COCC(C)NS(=O)(=O)c1ccc(NC(=O)CCc2ccc(-c3ccccc3F)o2)cc1. The Kier molecular flexibility index (Phi) is 7.79. The highest BCUT2D eigenvalue weighted by Gasteiger charge is 2.17. The predicted molar refractivity (Wildman–Crippen MR) is 119 cm³/mol. The van der Waals surface area contributed by atoms with Gasteiger partial charge in [-0.3, -0.25) is 4.79 Å². The van der Waals surface area contributed by atoms with Crippen molar-refractivity contribution in [3.05, 3.63) is 72.2 Å². The van der Waals surface area contributed by atoms with Crippen molar-refractivity contribution in [2.45, 2.75) is 30.7 Å². The van der Waals surface area contributed by atoms with E-state index in [0.29, 0.717) is 29.2 Å². The Morgan fingerprint density at radius 1 is 1.09 bits per heavy atom. The molecule has 2 aromatic carbocycles. The Bertz CT molecular complexity index is 1160. The summed E-state index contributed by atoms with van der Waals surface area (Å²) in [5, 5.41) is 2.72. The first-order chi connectivity index (χ1) is 15.3. The molecule has 0 fully saturated rings. The molecular formula is C23H25FN2O5S. The van der Waals surface area contributed by atoms with Gasteiger partial charge in [0.2, 0.25) is 15.9 Å². The number of anilines is 1. The molecule has 3 aromatic rings. The largest absolute Gasteiger partial charge is 0.461 e. The third-order valence-electron chi connectivity index (χ3n) is 4.62. The van der Waals surface area contributed by atoms with E-state index >= 15 is 0 Å². The number of benzene rings is 2. The number of halogens is 1. The molecule has 0 aliphatic rings. The van der Waals surface area contributed by atoms with Crippen molar-refractivity contribution in [2.75, 3.05) is 19.0 Å². The number of carbonyl (C=O) groups excluding carboxylic acids is 1. The lowest BCUT2D eigenvalue weighted by Gasteiger charge is -2.13. The number of ether oxygens (including phenoxy) is 1. The quantitative estimate of drug-likeness (QED) is 0.477. The number of sulfonamides is 1. The van der Waals surface area contributed by atoms with Gasteiger partial charge in [-0.05, 0) is 55.5 Å². The predicted octanol–water partition coefficient (Wildman–Crippen LogP) is 3.97. The van der Waals surface area contributed by atoms with E-state index in [1.165, 1.54) is 37.4 Å². The highest BCUT2D eigenvalue weighted by atomic mass is 32.2. The molecule has 1 atom stereocenters. The molecule has 1 amide bonds. The standard InChI is InChI=1S/C23H25FN2O5S/c1-16(15-30-2)26-32(28,29)19-11-7-17(8-12-19)25-23(27)14-10-18-9-13-22(31-18)20-5-3-4-6-21(20)24/h3-9,11-13,16,26H,10,14-15H2,1-2H3,(H,25,27). The van der Waals surface area contributed by atoms with Crippen LogP contribution in [0.5, 0.6) is 0 Å². The minimum atomic E-state index is -3.68. The van der Waals surface area contributed by atoms with Gasteiger partial charge in [-0.2, -0.15) is 0 Å². The highest BCUT2D eigenvalue weighted by molar-refractivity contribution is 7.89. The fraction of sp³-hybridized carbons (Fsp3) is 0.261. The molecule has 1 aromatic heterocycles. The molecule has 0 aliphatic carbocycles. The molecule has 32 heavy (non-hydrogen) atoms. The second-order valence-electron chi connectivity index (χ2n) is 7.30. The van der Waals surface area contributed by atoms with Gasteiger partial charge in [-0.1, -0.05) is 12.1 Å². The maximum Gasteiger partial charge on any atom is 0.240 e. The van der Waals surface area contributed by atoms with Gasteiger partial charge in [-0.25, -0.2) is 17.5 Å². The van der Waals surface area contributed by atoms with E-state index in [1.54, 1.807) is 37.3 Å². The maximum atomic E-state index is 13.9. The second-order valence-corrected chi connectivity index (χ2v) is 9.01. The van der Waals surface area contributed by atoms with Crippen molar-refractivity contribution in [1.82, 2.24) is 4.72 Å². The summed E-state index contributed by atoms with van der Waals surface area (Å²) in [6.45, 7) is 1.96. The van der Waals surface area contributed by atoms with E-state index < -0.39 is 10.0 Å². The zero-order valence-electron chi connectivity index (χ0n) is 17.8. The van der Waals surface area contributed by atoms with E-state index in [0.717, 1.165) is 0 Å². The number of rotatable bonds is 10. The Hall–Kier alpha value is -3.01. The van der Waals surface area contributed by atoms with Crippen LogP contribution in [0, 0.1) is 5.82 Å². The summed E-state index contributed by atoms with van der Waals surface area (Å²) in [5.41, 5.74) is 0.842. The first kappa shape index (κ1) is 23.6. The molecule has 2 N–H and O–H groups in total.